The third-order valence-corrected chi connectivity index (χ3v) is 3.37. The van der Waals surface area contributed by atoms with E-state index in [1.54, 1.807) is 0 Å². The summed E-state index contributed by atoms with van der Waals surface area (Å²) in [7, 11) is 5.75. The Morgan fingerprint density at radius 3 is 2.50 bits per heavy atom. The summed E-state index contributed by atoms with van der Waals surface area (Å²) in [5, 5.41) is 0. The lowest BCUT2D eigenvalue weighted by Crippen LogP contribution is -2.42. The van der Waals surface area contributed by atoms with Gasteiger partial charge >= 0.3 is 5.97 Å². The monoisotopic (exact) mass is 228 g/mol. The van der Waals surface area contributed by atoms with Gasteiger partial charge in [-0.15, -0.1) is 0 Å². The van der Waals surface area contributed by atoms with Crippen molar-refractivity contribution in [2.45, 2.75) is 31.7 Å². The molecule has 16 heavy (non-hydrogen) atoms. The first-order valence-corrected chi connectivity index (χ1v) is 6.09. The van der Waals surface area contributed by atoms with Crippen molar-refractivity contribution in [3.63, 3.8) is 0 Å². The highest BCUT2D eigenvalue weighted by Gasteiger charge is 2.20. The first-order valence-electron chi connectivity index (χ1n) is 6.09. The molecule has 0 saturated carbocycles. The van der Waals surface area contributed by atoms with Gasteiger partial charge in [-0.05, 0) is 53.0 Å². The van der Waals surface area contributed by atoms with Crippen molar-refractivity contribution in [3.8, 4) is 0 Å². The van der Waals surface area contributed by atoms with Crippen molar-refractivity contribution in [2.75, 3.05) is 40.8 Å². The maximum Gasteiger partial charge on any atom is 0.305 e. The van der Waals surface area contributed by atoms with Crippen molar-refractivity contribution in [3.05, 3.63) is 0 Å². The van der Waals surface area contributed by atoms with E-state index < -0.39 is 0 Å². The highest BCUT2D eigenvalue weighted by molar-refractivity contribution is 5.69. The Bertz CT molecular complexity index is 211. The molecule has 0 amide bonds. The molecule has 0 radical (unpaired) electrons. The molecular weight excluding hydrogens is 204 g/mol. The molecule has 0 aromatic rings. The fourth-order valence-corrected chi connectivity index (χ4v) is 2.21. The summed E-state index contributed by atoms with van der Waals surface area (Å²) >= 11 is 0. The van der Waals surface area contributed by atoms with E-state index in [9.17, 15) is 4.79 Å². The van der Waals surface area contributed by atoms with Gasteiger partial charge < -0.3 is 14.5 Å². The topological polar surface area (TPSA) is 32.8 Å². The van der Waals surface area contributed by atoms with Crippen molar-refractivity contribution in [2.24, 2.45) is 0 Å². The van der Waals surface area contributed by atoms with Gasteiger partial charge in [0.05, 0.1) is 7.11 Å². The van der Waals surface area contributed by atoms with Crippen molar-refractivity contribution in [1.82, 2.24) is 9.80 Å². The third-order valence-electron chi connectivity index (χ3n) is 3.37. The van der Waals surface area contributed by atoms with Crippen LogP contribution in [0.25, 0.3) is 0 Å². The molecule has 0 aromatic carbocycles. The maximum absolute atomic E-state index is 10.9. The Balaban J connectivity index is 2.10. The molecule has 1 fully saturated rings. The quantitative estimate of drug-likeness (QED) is 0.656. The lowest BCUT2D eigenvalue weighted by atomic mass is 10.0. The van der Waals surface area contributed by atoms with Crippen LogP contribution in [0.3, 0.4) is 0 Å². The molecule has 1 rings (SSSR count). The van der Waals surface area contributed by atoms with Crippen LogP contribution in [0.1, 0.15) is 25.7 Å². The average Bonchev–Trinajstić information content (AvgIpc) is 2.29. The summed E-state index contributed by atoms with van der Waals surface area (Å²) in [5.41, 5.74) is 0. The second-order valence-electron chi connectivity index (χ2n) is 4.72. The zero-order chi connectivity index (χ0) is 12.0. The van der Waals surface area contributed by atoms with Gasteiger partial charge in [-0.25, -0.2) is 0 Å². The Morgan fingerprint density at radius 2 is 2.00 bits per heavy atom. The van der Waals surface area contributed by atoms with Gasteiger partial charge in [-0.1, -0.05) is 0 Å². The Hall–Kier alpha value is -0.610. The Kier molecular flexibility index (Phi) is 5.77. The number of hydrogen-bond acceptors (Lipinski definition) is 4. The van der Waals surface area contributed by atoms with E-state index in [2.05, 4.69) is 28.6 Å². The number of rotatable bonds is 5. The van der Waals surface area contributed by atoms with Crippen LogP contribution in [0.5, 0.6) is 0 Å². The predicted molar refractivity (Wildman–Crippen MR) is 64.4 cm³/mol. The summed E-state index contributed by atoms with van der Waals surface area (Å²) in [4.78, 5) is 15.7. The summed E-state index contributed by atoms with van der Waals surface area (Å²) in [6.07, 6.45) is 3.94. The van der Waals surface area contributed by atoms with Crippen LogP contribution in [0.2, 0.25) is 0 Å². The molecule has 0 N–H and O–H groups in total. The van der Waals surface area contributed by atoms with Crippen LogP contribution in [0.4, 0.5) is 0 Å². The average molecular weight is 228 g/mol. The normalized spacial score (nSPS) is 19.0. The van der Waals surface area contributed by atoms with Crippen molar-refractivity contribution >= 4 is 5.97 Å². The fourth-order valence-electron chi connectivity index (χ4n) is 2.21. The number of methoxy groups -OCH3 is 1. The number of esters is 1. The number of ether oxygens (including phenoxy) is 1. The van der Waals surface area contributed by atoms with E-state index in [4.69, 9.17) is 0 Å². The summed E-state index contributed by atoms with van der Waals surface area (Å²) < 4.78 is 4.62. The number of carbonyl (C=O) groups is 1. The van der Waals surface area contributed by atoms with E-state index in [1.165, 1.54) is 20.0 Å². The van der Waals surface area contributed by atoms with E-state index in [1.807, 2.05) is 0 Å². The summed E-state index contributed by atoms with van der Waals surface area (Å²) in [6, 6.07) is 0.733. The van der Waals surface area contributed by atoms with Gasteiger partial charge in [-0.3, -0.25) is 4.79 Å². The Labute approximate surface area is 98.5 Å². The smallest absolute Gasteiger partial charge is 0.305 e. The SMILES string of the molecule is COC(=O)CCCN1CCC(N(C)C)CC1. The lowest BCUT2D eigenvalue weighted by Gasteiger charge is -2.35. The summed E-state index contributed by atoms with van der Waals surface area (Å²) in [5.74, 6) is -0.0943. The number of likely N-dealkylation sites (tertiary alicyclic amines) is 1. The van der Waals surface area contributed by atoms with Crippen LogP contribution < -0.4 is 0 Å². The van der Waals surface area contributed by atoms with E-state index >= 15 is 0 Å². The van der Waals surface area contributed by atoms with Gasteiger partial charge in [0, 0.05) is 12.5 Å². The van der Waals surface area contributed by atoms with E-state index in [0.29, 0.717) is 6.42 Å². The van der Waals surface area contributed by atoms with Gasteiger partial charge in [0.15, 0.2) is 0 Å². The van der Waals surface area contributed by atoms with E-state index in [0.717, 1.165) is 32.1 Å². The third kappa shape index (κ3) is 4.49. The van der Waals surface area contributed by atoms with Gasteiger partial charge in [0.1, 0.15) is 0 Å². The molecule has 0 bridgehead atoms. The lowest BCUT2D eigenvalue weighted by molar-refractivity contribution is -0.140. The first-order chi connectivity index (χ1) is 7.63. The fraction of sp³-hybridized carbons (Fsp3) is 0.917. The number of carbonyl (C=O) groups excluding carboxylic acids is 1. The van der Waals surface area contributed by atoms with Gasteiger partial charge in [-0.2, -0.15) is 0 Å². The standard InChI is InChI=1S/C12H24N2O2/c1-13(2)11-6-9-14(10-7-11)8-4-5-12(15)16-3/h11H,4-10H2,1-3H3. The summed E-state index contributed by atoms with van der Waals surface area (Å²) in [6.45, 7) is 3.34. The van der Waals surface area contributed by atoms with Crippen LogP contribution in [0.15, 0.2) is 0 Å². The number of hydrogen-bond donors (Lipinski definition) is 0. The van der Waals surface area contributed by atoms with E-state index in [-0.39, 0.29) is 5.97 Å². The molecule has 4 nitrogen and oxygen atoms in total. The molecule has 94 valence electrons. The molecule has 1 saturated heterocycles. The van der Waals surface area contributed by atoms with Crippen LogP contribution >= 0.6 is 0 Å². The van der Waals surface area contributed by atoms with Crippen molar-refractivity contribution in [1.29, 1.82) is 0 Å². The minimum Gasteiger partial charge on any atom is -0.469 e. The highest BCUT2D eigenvalue weighted by Crippen LogP contribution is 2.14. The van der Waals surface area contributed by atoms with Crippen molar-refractivity contribution < 1.29 is 9.53 Å². The molecule has 0 aromatic heterocycles. The van der Waals surface area contributed by atoms with Crippen LogP contribution in [-0.4, -0.2) is 62.7 Å². The minimum absolute atomic E-state index is 0.0943. The maximum atomic E-state index is 10.9. The molecule has 1 aliphatic heterocycles. The Morgan fingerprint density at radius 1 is 1.38 bits per heavy atom. The molecule has 0 unspecified atom stereocenters. The number of piperidine rings is 1. The molecule has 1 heterocycles. The zero-order valence-electron chi connectivity index (χ0n) is 10.7. The molecule has 0 atom stereocenters. The molecule has 4 heteroatoms. The van der Waals surface area contributed by atoms with Gasteiger partial charge in [0.25, 0.3) is 0 Å². The first kappa shape index (κ1) is 13.5. The van der Waals surface area contributed by atoms with Gasteiger partial charge in [0.2, 0.25) is 0 Å². The highest BCUT2D eigenvalue weighted by atomic mass is 16.5. The zero-order valence-corrected chi connectivity index (χ0v) is 10.7. The number of nitrogens with zero attached hydrogens (tertiary/aromatic N) is 2. The predicted octanol–water partition coefficient (Wildman–Crippen LogP) is 0.966. The molecule has 0 spiro atoms. The molecule has 0 aliphatic carbocycles. The van der Waals surface area contributed by atoms with Crippen LogP contribution in [0, 0.1) is 0 Å². The largest absolute Gasteiger partial charge is 0.469 e. The molecule has 1 aliphatic rings. The second kappa shape index (κ2) is 6.86. The van der Waals surface area contributed by atoms with Crippen LogP contribution in [-0.2, 0) is 9.53 Å². The minimum atomic E-state index is -0.0943. The molecular formula is C12H24N2O2. The second-order valence-corrected chi connectivity index (χ2v) is 4.72.